The predicted molar refractivity (Wildman–Crippen MR) is 135 cm³/mol. The fourth-order valence-corrected chi connectivity index (χ4v) is 2.47. The van der Waals surface area contributed by atoms with E-state index in [1.807, 2.05) is 45.0 Å². The number of aliphatic imine (C=N–C) groups is 2. The molecule has 0 radical (unpaired) electrons. The Balaban J connectivity index is 3.29. The number of hydrogen-bond donors (Lipinski definition) is 4. The number of nitrogens with two attached hydrogens (primary N) is 3. The monoisotopic (exact) mass is 418 g/mol. The summed E-state index contributed by atoms with van der Waals surface area (Å²) in [5.41, 5.74) is 23.6. The highest BCUT2D eigenvalue weighted by Crippen LogP contribution is 2.21. The second kappa shape index (κ2) is 11.4. The zero-order valence-corrected chi connectivity index (χ0v) is 18.8. The van der Waals surface area contributed by atoms with Crippen molar-refractivity contribution in [2.24, 2.45) is 27.2 Å². The lowest BCUT2D eigenvalue weighted by Gasteiger charge is -2.22. The summed E-state index contributed by atoms with van der Waals surface area (Å²) in [6, 6.07) is 7.19. The van der Waals surface area contributed by atoms with Crippen LogP contribution in [-0.2, 0) is 0 Å². The SMILES string of the molecule is C=C(C)CN=C(C)N=C(/C=C(\C)C(=C)N)C(=C)N[C@@H](C(=C)N)c1ccc(C(=C)N)cc1. The zero-order valence-electron chi connectivity index (χ0n) is 18.8. The summed E-state index contributed by atoms with van der Waals surface area (Å²) in [6.45, 7) is 25.5. The first-order chi connectivity index (χ1) is 14.4. The molecule has 1 aromatic carbocycles. The van der Waals surface area contributed by atoms with E-state index in [2.05, 4.69) is 48.2 Å². The molecule has 0 amide bonds. The molecular weight excluding hydrogens is 384 g/mol. The molecule has 31 heavy (non-hydrogen) atoms. The van der Waals surface area contributed by atoms with Crippen molar-refractivity contribution in [2.75, 3.05) is 6.54 Å². The lowest BCUT2D eigenvalue weighted by Crippen LogP contribution is -2.28. The molecule has 0 aliphatic rings. The number of hydrogen-bond acceptors (Lipinski definition) is 5. The molecule has 1 rings (SSSR count). The minimum Gasteiger partial charge on any atom is -0.401 e. The van der Waals surface area contributed by atoms with Crippen LogP contribution in [0.1, 0.15) is 37.9 Å². The molecule has 0 fully saturated rings. The van der Waals surface area contributed by atoms with E-state index in [0.717, 1.165) is 22.3 Å². The van der Waals surface area contributed by atoms with Gasteiger partial charge in [-0.1, -0.05) is 62.7 Å². The van der Waals surface area contributed by atoms with Crippen molar-refractivity contribution >= 4 is 17.2 Å². The van der Waals surface area contributed by atoms with Crippen molar-refractivity contribution < 1.29 is 0 Å². The lowest BCUT2D eigenvalue weighted by atomic mass is 10.0. The number of nitrogens with one attached hydrogen (secondary N) is 1. The molecule has 0 aliphatic heterocycles. The molecule has 1 atom stereocenters. The van der Waals surface area contributed by atoms with E-state index < -0.39 is 0 Å². The number of nitrogens with zero attached hydrogens (tertiary/aromatic N) is 2. The average molecular weight is 419 g/mol. The highest BCUT2D eigenvalue weighted by atomic mass is 15.0. The van der Waals surface area contributed by atoms with Gasteiger partial charge in [-0.05, 0) is 43.5 Å². The van der Waals surface area contributed by atoms with Crippen LogP contribution in [-0.4, -0.2) is 18.1 Å². The highest BCUT2D eigenvalue weighted by molar-refractivity contribution is 6.13. The molecular formula is C25H34N6. The van der Waals surface area contributed by atoms with Crippen molar-refractivity contribution in [3.05, 3.63) is 103 Å². The van der Waals surface area contributed by atoms with E-state index in [-0.39, 0.29) is 6.04 Å². The molecule has 6 nitrogen and oxygen atoms in total. The van der Waals surface area contributed by atoms with E-state index in [1.54, 1.807) is 6.08 Å². The fraction of sp³-hybridized carbons (Fsp3) is 0.200. The van der Waals surface area contributed by atoms with Gasteiger partial charge in [0.15, 0.2) is 0 Å². The van der Waals surface area contributed by atoms with Gasteiger partial charge in [0.05, 0.1) is 24.0 Å². The summed E-state index contributed by atoms with van der Waals surface area (Å²) in [5.74, 6) is 0.585. The molecule has 1 aromatic rings. The predicted octanol–water partition coefficient (Wildman–Crippen LogP) is 4.09. The first-order valence-corrected chi connectivity index (χ1v) is 9.74. The first kappa shape index (κ1) is 25.2. The van der Waals surface area contributed by atoms with Crippen molar-refractivity contribution in [3.63, 3.8) is 0 Å². The van der Waals surface area contributed by atoms with Gasteiger partial charge in [0, 0.05) is 17.1 Å². The molecule has 0 aliphatic carbocycles. The van der Waals surface area contributed by atoms with Crippen LogP contribution >= 0.6 is 0 Å². The van der Waals surface area contributed by atoms with Crippen LogP contribution < -0.4 is 22.5 Å². The van der Waals surface area contributed by atoms with Crippen molar-refractivity contribution in [2.45, 2.75) is 26.8 Å². The summed E-state index contributed by atoms with van der Waals surface area (Å²) in [4.78, 5) is 9.02. The Hall–Kier alpha value is -3.80. The second-order valence-corrected chi connectivity index (χ2v) is 7.45. The molecule has 0 heterocycles. The normalized spacial score (nSPS) is 13.3. The van der Waals surface area contributed by atoms with Crippen LogP contribution in [0.2, 0.25) is 0 Å². The van der Waals surface area contributed by atoms with Gasteiger partial charge in [-0.25, -0.2) is 4.99 Å². The topological polar surface area (TPSA) is 115 Å². The van der Waals surface area contributed by atoms with Crippen molar-refractivity contribution in [1.82, 2.24) is 5.32 Å². The van der Waals surface area contributed by atoms with E-state index in [4.69, 9.17) is 17.2 Å². The molecule has 6 heteroatoms. The lowest BCUT2D eigenvalue weighted by molar-refractivity contribution is 0.694. The Morgan fingerprint density at radius 3 is 2.03 bits per heavy atom. The van der Waals surface area contributed by atoms with Crippen LogP contribution in [0.15, 0.2) is 101 Å². The summed E-state index contributed by atoms with van der Waals surface area (Å²) in [7, 11) is 0. The maximum absolute atomic E-state index is 6.08. The molecule has 0 saturated heterocycles. The van der Waals surface area contributed by atoms with Gasteiger partial charge >= 0.3 is 0 Å². The summed E-state index contributed by atoms with van der Waals surface area (Å²) < 4.78 is 0. The summed E-state index contributed by atoms with van der Waals surface area (Å²) >= 11 is 0. The molecule has 7 N–H and O–H groups in total. The molecule has 0 bridgehead atoms. The van der Waals surface area contributed by atoms with Gasteiger partial charge in [0.2, 0.25) is 0 Å². The fourth-order valence-electron chi connectivity index (χ4n) is 2.47. The molecule has 0 spiro atoms. The third kappa shape index (κ3) is 8.22. The van der Waals surface area contributed by atoms with Gasteiger partial charge in [0.1, 0.15) is 5.84 Å². The number of amidine groups is 1. The van der Waals surface area contributed by atoms with Gasteiger partial charge in [0.25, 0.3) is 0 Å². The Labute approximate surface area is 186 Å². The molecule has 0 saturated carbocycles. The van der Waals surface area contributed by atoms with E-state index in [9.17, 15) is 0 Å². The summed E-state index contributed by atoms with van der Waals surface area (Å²) in [5, 5.41) is 3.30. The van der Waals surface area contributed by atoms with E-state index in [1.165, 1.54) is 0 Å². The third-order valence-corrected chi connectivity index (χ3v) is 4.33. The van der Waals surface area contributed by atoms with Crippen LogP contribution in [0.3, 0.4) is 0 Å². The Bertz CT molecular complexity index is 974. The Kier molecular flexibility index (Phi) is 9.28. The molecule has 0 unspecified atom stereocenters. The third-order valence-electron chi connectivity index (χ3n) is 4.33. The number of rotatable bonds is 10. The highest BCUT2D eigenvalue weighted by Gasteiger charge is 2.16. The maximum Gasteiger partial charge on any atom is 0.121 e. The Morgan fingerprint density at radius 2 is 1.58 bits per heavy atom. The maximum atomic E-state index is 6.08. The molecule has 0 aromatic heterocycles. The minimum absolute atomic E-state index is 0.389. The van der Waals surface area contributed by atoms with Gasteiger partial charge in [-0.3, -0.25) is 4.99 Å². The van der Waals surface area contributed by atoms with Crippen LogP contribution in [0, 0.1) is 0 Å². The minimum atomic E-state index is -0.389. The van der Waals surface area contributed by atoms with Crippen molar-refractivity contribution in [3.8, 4) is 0 Å². The van der Waals surface area contributed by atoms with Gasteiger partial charge in [-0.2, -0.15) is 0 Å². The molecule has 164 valence electrons. The number of allylic oxidation sites excluding steroid dienone is 2. The first-order valence-electron chi connectivity index (χ1n) is 9.74. The van der Waals surface area contributed by atoms with Crippen LogP contribution in [0.5, 0.6) is 0 Å². The Morgan fingerprint density at radius 1 is 1.00 bits per heavy atom. The van der Waals surface area contributed by atoms with Crippen LogP contribution in [0.4, 0.5) is 0 Å². The average Bonchev–Trinajstić information content (AvgIpc) is 2.69. The zero-order chi connectivity index (χ0) is 23.7. The second-order valence-electron chi connectivity index (χ2n) is 7.45. The summed E-state index contributed by atoms with van der Waals surface area (Å²) in [6.07, 6.45) is 1.80. The van der Waals surface area contributed by atoms with Crippen molar-refractivity contribution in [1.29, 1.82) is 0 Å². The smallest absolute Gasteiger partial charge is 0.121 e. The van der Waals surface area contributed by atoms with E-state index in [0.29, 0.717) is 40.9 Å². The van der Waals surface area contributed by atoms with Crippen LogP contribution in [0.25, 0.3) is 5.70 Å². The quantitative estimate of drug-likeness (QED) is 0.198. The number of benzene rings is 1. The van der Waals surface area contributed by atoms with Gasteiger partial charge < -0.3 is 22.5 Å². The largest absolute Gasteiger partial charge is 0.401 e. The standard InChI is InChI=1S/C25H34N6/c1-15(2)14-29-21(8)31-24(13-16(3)17(4)26)20(7)30-25(19(6)28)23-11-9-22(10-12-23)18(5)27/h9-13,25,30H,1,4-7,14,26-28H2,2-3,8H3/b16-13+,29-21?,31-24?/t25-/m0/s1. The van der Waals surface area contributed by atoms with Gasteiger partial charge in [-0.15, -0.1) is 0 Å². The van der Waals surface area contributed by atoms with E-state index >= 15 is 0 Å².